The molecule has 108 valence electrons. The number of hydrogen-bond acceptors (Lipinski definition) is 3. The van der Waals surface area contributed by atoms with Gasteiger partial charge in [-0.2, -0.15) is 0 Å². The van der Waals surface area contributed by atoms with Crippen molar-refractivity contribution in [1.29, 1.82) is 0 Å². The zero-order valence-electron chi connectivity index (χ0n) is 12.2. The van der Waals surface area contributed by atoms with Gasteiger partial charge in [-0.15, -0.1) is 0 Å². The van der Waals surface area contributed by atoms with E-state index in [1.165, 1.54) is 26.2 Å². The Morgan fingerprint density at radius 3 is 2.25 bits per heavy atom. The lowest BCUT2D eigenvalue weighted by molar-refractivity contribution is -0.114. The van der Waals surface area contributed by atoms with E-state index in [1.54, 1.807) is 24.3 Å². The fourth-order valence-electron chi connectivity index (χ4n) is 2.63. The molecule has 0 bridgehead atoms. The Morgan fingerprint density at radius 2 is 1.70 bits per heavy atom. The molecular weight excluding hydrogens is 252 g/mol. The summed E-state index contributed by atoms with van der Waals surface area (Å²) < 4.78 is 0. The van der Waals surface area contributed by atoms with Crippen molar-refractivity contribution in [3.8, 4) is 0 Å². The van der Waals surface area contributed by atoms with Crippen LogP contribution >= 0.6 is 0 Å². The summed E-state index contributed by atoms with van der Waals surface area (Å²) in [5.41, 5.74) is 1.43. The molecule has 1 saturated heterocycles. The molecule has 1 atom stereocenters. The van der Waals surface area contributed by atoms with Crippen LogP contribution in [0.15, 0.2) is 24.3 Å². The number of piperidine rings is 1. The Hall–Kier alpha value is -1.68. The van der Waals surface area contributed by atoms with Gasteiger partial charge in [-0.1, -0.05) is 6.42 Å². The van der Waals surface area contributed by atoms with Crippen molar-refractivity contribution in [3.05, 3.63) is 29.8 Å². The van der Waals surface area contributed by atoms with Gasteiger partial charge in [0.1, 0.15) is 0 Å². The van der Waals surface area contributed by atoms with Crippen molar-refractivity contribution in [2.75, 3.05) is 18.4 Å². The molecule has 4 nitrogen and oxygen atoms in total. The van der Waals surface area contributed by atoms with Crippen molar-refractivity contribution < 1.29 is 9.59 Å². The third-order valence-corrected chi connectivity index (χ3v) is 3.81. The molecule has 2 rings (SSSR count). The van der Waals surface area contributed by atoms with Gasteiger partial charge in [0.25, 0.3) is 0 Å². The minimum absolute atomic E-state index is 0.0677. The molecule has 20 heavy (non-hydrogen) atoms. The minimum atomic E-state index is -0.106. The van der Waals surface area contributed by atoms with Crippen LogP contribution in [0.2, 0.25) is 0 Å². The number of carbonyl (C=O) groups is 2. The van der Waals surface area contributed by atoms with E-state index in [0.717, 1.165) is 18.8 Å². The van der Waals surface area contributed by atoms with Gasteiger partial charge < -0.3 is 5.32 Å². The molecule has 4 heteroatoms. The fourth-order valence-corrected chi connectivity index (χ4v) is 2.63. The van der Waals surface area contributed by atoms with Gasteiger partial charge in [0.2, 0.25) is 5.91 Å². The summed E-state index contributed by atoms with van der Waals surface area (Å²) in [6.45, 7) is 5.47. The molecule has 1 N–H and O–H groups in total. The molecule has 0 aliphatic carbocycles. The van der Waals surface area contributed by atoms with Gasteiger partial charge in [0.15, 0.2) is 5.78 Å². The molecule has 1 amide bonds. The summed E-state index contributed by atoms with van der Waals surface area (Å²) in [7, 11) is 0. The van der Waals surface area contributed by atoms with Crippen LogP contribution in [-0.4, -0.2) is 35.7 Å². The number of ketones is 1. The third kappa shape index (κ3) is 3.67. The molecule has 1 heterocycles. The first-order valence-electron chi connectivity index (χ1n) is 7.24. The van der Waals surface area contributed by atoms with Crippen LogP contribution in [0.3, 0.4) is 0 Å². The van der Waals surface area contributed by atoms with Crippen LogP contribution in [0.4, 0.5) is 5.69 Å². The van der Waals surface area contributed by atoms with Crippen LogP contribution in [-0.2, 0) is 4.79 Å². The van der Waals surface area contributed by atoms with E-state index >= 15 is 0 Å². The number of anilines is 1. The van der Waals surface area contributed by atoms with Crippen molar-refractivity contribution >= 4 is 17.4 Å². The number of nitrogens with one attached hydrogen (secondary N) is 1. The van der Waals surface area contributed by atoms with Crippen molar-refractivity contribution in [1.82, 2.24) is 4.90 Å². The number of amides is 1. The number of hydrogen-bond donors (Lipinski definition) is 1. The predicted molar refractivity (Wildman–Crippen MR) is 80.0 cm³/mol. The predicted octanol–water partition coefficient (Wildman–Crippen LogP) is 2.70. The summed E-state index contributed by atoms with van der Waals surface area (Å²) in [4.78, 5) is 25.7. The smallest absolute Gasteiger partial charge is 0.221 e. The molecule has 0 spiro atoms. The Bertz CT molecular complexity index is 476. The van der Waals surface area contributed by atoms with E-state index in [-0.39, 0.29) is 17.7 Å². The number of likely N-dealkylation sites (tertiary alicyclic amines) is 1. The summed E-state index contributed by atoms with van der Waals surface area (Å²) in [6, 6.07) is 7.05. The highest BCUT2D eigenvalue weighted by Gasteiger charge is 2.23. The van der Waals surface area contributed by atoms with Gasteiger partial charge in [-0.25, -0.2) is 0 Å². The van der Waals surface area contributed by atoms with Gasteiger partial charge in [-0.05, 0) is 57.1 Å². The number of Topliss-reactive ketones (excluding diaryl/α,β-unsaturated/α-hetero) is 1. The summed E-state index contributed by atoms with van der Waals surface area (Å²) in [5.74, 6) is 0.0482. The number of nitrogens with zero attached hydrogens (tertiary/aromatic N) is 1. The Morgan fingerprint density at radius 1 is 1.10 bits per heavy atom. The second-order valence-corrected chi connectivity index (χ2v) is 5.40. The maximum Gasteiger partial charge on any atom is 0.221 e. The Labute approximate surface area is 120 Å². The number of carbonyl (C=O) groups excluding carboxylic acids is 2. The molecule has 1 fully saturated rings. The molecule has 0 saturated carbocycles. The van der Waals surface area contributed by atoms with Crippen LogP contribution in [0.1, 0.15) is 43.5 Å². The summed E-state index contributed by atoms with van der Waals surface area (Å²) >= 11 is 0. The van der Waals surface area contributed by atoms with E-state index in [0.29, 0.717) is 5.56 Å². The van der Waals surface area contributed by atoms with Crippen molar-refractivity contribution in [2.45, 2.75) is 39.2 Å². The van der Waals surface area contributed by atoms with Crippen LogP contribution < -0.4 is 5.32 Å². The molecule has 0 aromatic heterocycles. The molecule has 1 aliphatic rings. The van der Waals surface area contributed by atoms with E-state index in [9.17, 15) is 9.59 Å². The van der Waals surface area contributed by atoms with Gasteiger partial charge in [0, 0.05) is 18.2 Å². The van der Waals surface area contributed by atoms with Crippen molar-refractivity contribution in [3.63, 3.8) is 0 Å². The number of benzene rings is 1. The first-order valence-corrected chi connectivity index (χ1v) is 7.24. The molecule has 0 radical (unpaired) electrons. The second kappa shape index (κ2) is 6.66. The third-order valence-electron chi connectivity index (χ3n) is 3.81. The highest BCUT2D eigenvalue weighted by Crippen LogP contribution is 2.17. The molecule has 1 aromatic carbocycles. The van der Waals surface area contributed by atoms with E-state index in [2.05, 4.69) is 10.2 Å². The molecule has 1 aromatic rings. The zero-order chi connectivity index (χ0) is 14.5. The molecular formula is C16H22N2O2. The largest absolute Gasteiger partial charge is 0.326 e. The SMILES string of the molecule is CC(=O)Nc1ccc(C(=O)C(C)N2CCCCC2)cc1. The molecule has 1 unspecified atom stereocenters. The van der Waals surface area contributed by atoms with Crippen LogP contribution in [0.25, 0.3) is 0 Å². The molecule has 1 aliphatic heterocycles. The van der Waals surface area contributed by atoms with Gasteiger partial charge in [0.05, 0.1) is 6.04 Å². The van der Waals surface area contributed by atoms with Gasteiger partial charge >= 0.3 is 0 Å². The highest BCUT2D eigenvalue weighted by atomic mass is 16.1. The monoisotopic (exact) mass is 274 g/mol. The second-order valence-electron chi connectivity index (χ2n) is 5.40. The summed E-state index contributed by atoms with van der Waals surface area (Å²) in [5, 5.41) is 2.70. The van der Waals surface area contributed by atoms with E-state index in [4.69, 9.17) is 0 Å². The topological polar surface area (TPSA) is 49.4 Å². The summed E-state index contributed by atoms with van der Waals surface area (Å²) in [6.07, 6.45) is 3.63. The minimum Gasteiger partial charge on any atom is -0.326 e. The van der Waals surface area contributed by atoms with E-state index in [1.807, 2.05) is 6.92 Å². The first kappa shape index (κ1) is 14.7. The van der Waals surface area contributed by atoms with Gasteiger partial charge in [-0.3, -0.25) is 14.5 Å². The number of rotatable bonds is 4. The highest BCUT2D eigenvalue weighted by molar-refractivity contribution is 6.00. The standard InChI is InChI=1S/C16H22N2O2/c1-12(18-10-4-3-5-11-18)16(20)14-6-8-15(9-7-14)17-13(2)19/h6-9,12H,3-5,10-11H2,1-2H3,(H,17,19). The van der Waals surface area contributed by atoms with E-state index < -0.39 is 0 Å². The average molecular weight is 274 g/mol. The fraction of sp³-hybridized carbons (Fsp3) is 0.500. The Balaban J connectivity index is 2.02. The van der Waals surface area contributed by atoms with Crippen molar-refractivity contribution in [2.24, 2.45) is 0 Å². The first-order chi connectivity index (χ1) is 9.58. The quantitative estimate of drug-likeness (QED) is 0.859. The maximum atomic E-state index is 12.4. The lowest BCUT2D eigenvalue weighted by Gasteiger charge is -2.31. The van der Waals surface area contributed by atoms with Crippen LogP contribution in [0.5, 0.6) is 0 Å². The average Bonchev–Trinajstić information content (AvgIpc) is 2.47. The lowest BCUT2D eigenvalue weighted by Crippen LogP contribution is -2.42. The zero-order valence-corrected chi connectivity index (χ0v) is 12.2. The lowest BCUT2D eigenvalue weighted by atomic mass is 10.0. The Kier molecular flexibility index (Phi) is 4.90. The maximum absolute atomic E-state index is 12.4. The normalized spacial score (nSPS) is 17.5. The van der Waals surface area contributed by atoms with Crippen LogP contribution in [0, 0.1) is 0 Å².